The van der Waals surface area contributed by atoms with Crippen LogP contribution in [0.1, 0.15) is 32.0 Å². The van der Waals surface area contributed by atoms with Crippen molar-refractivity contribution in [3.63, 3.8) is 0 Å². The summed E-state index contributed by atoms with van der Waals surface area (Å²) in [5, 5.41) is 4.91. The van der Waals surface area contributed by atoms with Crippen molar-refractivity contribution in [2.24, 2.45) is 0 Å². The van der Waals surface area contributed by atoms with Gasteiger partial charge in [0, 0.05) is 10.9 Å². The predicted molar refractivity (Wildman–Crippen MR) is 101 cm³/mol. The van der Waals surface area contributed by atoms with E-state index in [0.29, 0.717) is 17.7 Å². The van der Waals surface area contributed by atoms with E-state index in [2.05, 4.69) is 10.1 Å². The summed E-state index contributed by atoms with van der Waals surface area (Å²) in [6, 6.07) is 14.3. The van der Waals surface area contributed by atoms with Crippen LogP contribution in [0.25, 0.3) is 11.0 Å². The number of ketones is 1. The van der Waals surface area contributed by atoms with Crippen LogP contribution in [0.15, 0.2) is 65.6 Å². The third-order valence-electron chi connectivity index (χ3n) is 4.43. The fourth-order valence-corrected chi connectivity index (χ4v) is 2.97. The lowest BCUT2D eigenvalue weighted by molar-refractivity contribution is 0.0468. The van der Waals surface area contributed by atoms with Crippen molar-refractivity contribution in [1.82, 2.24) is 14.8 Å². The van der Waals surface area contributed by atoms with Crippen LogP contribution in [0, 0.1) is 6.92 Å². The number of aryl methyl sites for hydroxylation is 1. The first-order chi connectivity index (χ1) is 13.6. The molecule has 0 aliphatic carbocycles. The van der Waals surface area contributed by atoms with Gasteiger partial charge in [-0.05, 0) is 30.7 Å². The number of esters is 1. The van der Waals surface area contributed by atoms with Crippen molar-refractivity contribution < 1.29 is 18.7 Å². The van der Waals surface area contributed by atoms with Crippen LogP contribution in [-0.4, -0.2) is 33.1 Å². The molecule has 0 unspecified atom stereocenters. The van der Waals surface area contributed by atoms with Crippen LogP contribution < -0.4 is 0 Å². The number of fused-ring (bicyclic) bond motifs is 1. The zero-order valence-electron chi connectivity index (χ0n) is 15.2. The van der Waals surface area contributed by atoms with Gasteiger partial charge in [-0.3, -0.25) is 4.79 Å². The summed E-state index contributed by atoms with van der Waals surface area (Å²) in [6.07, 6.45) is 3.08. The topological polar surface area (TPSA) is 87.2 Å². The molecule has 2 heterocycles. The Kier molecular flexibility index (Phi) is 4.72. The molecule has 0 aliphatic rings. The van der Waals surface area contributed by atoms with Gasteiger partial charge in [0.25, 0.3) is 0 Å². The Morgan fingerprint density at radius 2 is 1.89 bits per heavy atom. The predicted octanol–water partition coefficient (Wildman–Crippen LogP) is 3.42. The molecule has 0 saturated heterocycles. The fourth-order valence-electron chi connectivity index (χ4n) is 2.97. The Hall–Kier alpha value is -3.74. The summed E-state index contributed by atoms with van der Waals surface area (Å²) < 4.78 is 12.5. The summed E-state index contributed by atoms with van der Waals surface area (Å²) in [6.45, 7) is 1.99. The maximum atomic E-state index is 12.4. The number of Topliss-reactive ketones (excluding diaryl/α,β-unsaturated/α-hetero) is 1. The minimum Gasteiger partial charge on any atom is -0.454 e. The molecule has 0 bridgehead atoms. The normalized spacial score (nSPS) is 10.9. The van der Waals surface area contributed by atoms with E-state index in [1.54, 1.807) is 29.2 Å². The number of aromatic nitrogens is 3. The first-order valence-corrected chi connectivity index (χ1v) is 8.71. The zero-order chi connectivity index (χ0) is 19.5. The molecule has 7 nitrogen and oxygen atoms in total. The van der Waals surface area contributed by atoms with Crippen LogP contribution in [0.3, 0.4) is 0 Å². The Morgan fingerprint density at radius 3 is 2.61 bits per heavy atom. The molecule has 0 spiro atoms. The number of nitrogens with zero attached hydrogens (tertiary/aromatic N) is 3. The Bertz CT molecular complexity index is 1130. The van der Waals surface area contributed by atoms with Crippen molar-refractivity contribution in [1.29, 1.82) is 0 Å². The highest BCUT2D eigenvalue weighted by Gasteiger charge is 2.19. The van der Waals surface area contributed by atoms with Crippen molar-refractivity contribution in [3.8, 4) is 0 Å². The first kappa shape index (κ1) is 17.7. The Labute approximate surface area is 160 Å². The molecule has 0 aliphatic heterocycles. The zero-order valence-corrected chi connectivity index (χ0v) is 15.2. The van der Waals surface area contributed by atoms with Gasteiger partial charge in [0.2, 0.25) is 5.78 Å². The smallest absolute Gasteiger partial charge is 0.338 e. The second kappa shape index (κ2) is 7.48. The molecule has 4 rings (SSSR count). The molecule has 140 valence electrons. The second-order valence-corrected chi connectivity index (χ2v) is 6.34. The van der Waals surface area contributed by atoms with Gasteiger partial charge in [0.15, 0.2) is 12.4 Å². The minimum atomic E-state index is -0.561. The number of benzene rings is 2. The van der Waals surface area contributed by atoms with E-state index in [0.717, 1.165) is 16.5 Å². The lowest BCUT2D eigenvalue weighted by atomic mass is 10.1. The SMILES string of the molecule is Cc1c(C(=O)COC(=O)c2ccc(Cn3cncn3)cc2)oc2ccccc12. The third kappa shape index (κ3) is 3.55. The molecule has 0 radical (unpaired) electrons. The maximum absolute atomic E-state index is 12.4. The van der Waals surface area contributed by atoms with Gasteiger partial charge in [-0.2, -0.15) is 5.10 Å². The van der Waals surface area contributed by atoms with Crippen LogP contribution in [0.4, 0.5) is 0 Å². The van der Waals surface area contributed by atoms with E-state index in [-0.39, 0.29) is 18.2 Å². The molecule has 0 atom stereocenters. The first-order valence-electron chi connectivity index (χ1n) is 8.71. The van der Waals surface area contributed by atoms with Crippen molar-refractivity contribution in [2.75, 3.05) is 6.61 Å². The van der Waals surface area contributed by atoms with E-state index in [4.69, 9.17) is 9.15 Å². The van der Waals surface area contributed by atoms with Crippen molar-refractivity contribution >= 4 is 22.7 Å². The molecular weight excluding hydrogens is 358 g/mol. The Morgan fingerprint density at radius 1 is 1.11 bits per heavy atom. The minimum absolute atomic E-state index is 0.220. The van der Waals surface area contributed by atoms with Crippen molar-refractivity contribution in [3.05, 3.63) is 83.6 Å². The summed E-state index contributed by atoms with van der Waals surface area (Å²) >= 11 is 0. The lowest BCUT2D eigenvalue weighted by Gasteiger charge is -2.05. The van der Waals surface area contributed by atoms with E-state index in [9.17, 15) is 9.59 Å². The molecule has 2 aromatic heterocycles. The van der Waals surface area contributed by atoms with Crippen molar-refractivity contribution in [2.45, 2.75) is 13.5 Å². The summed E-state index contributed by atoms with van der Waals surface area (Å²) in [4.78, 5) is 28.5. The van der Waals surface area contributed by atoms with Gasteiger partial charge in [-0.15, -0.1) is 0 Å². The largest absolute Gasteiger partial charge is 0.454 e. The van der Waals surface area contributed by atoms with Gasteiger partial charge in [0.05, 0.1) is 12.1 Å². The molecule has 0 N–H and O–H groups in total. The van der Waals surface area contributed by atoms with Gasteiger partial charge < -0.3 is 9.15 Å². The molecule has 2 aromatic carbocycles. The van der Waals surface area contributed by atoms with Gasteiger partial charge in [-0.1, -0.05) is 30.3 Å². The highest BCUT2D eigenvalue weighted by atomic mass is 16.5. The highest BCUT2D eigenvalue weighted by molar-refractivity contribution is 6.02. The second-order valence-electron chi connectivity index (χ2n) is 6.34. The number of carbonyl (C=O) groups is 2. The highest BCUT2D eigenvalue weighted by Crippen LogP contribution is 2.25. The number of hydrogen-bond donors (Lipinski definition) is 0. The van der Waals surface area contributed by atoms with Gasteiger partial charge in [-0.25, -0.2) is 14.5 Å². The van der Waals surface area contributed by atoms with Gasteiger partial charge >= 0.3 is 5.97 Å². The average molecular weight is 375 g/mol. The monoisotopic (exact) mass is 375 g/mol. The molecular formula is C21H17N3O4. The number of para-hydroxylation sites is 1. The standard InChI is InChI=1S/C21H17N3O4/c1-14-17-4-2-3-5-19(17)28-20(14)18(25)11-27-21(26)16-8-6-15(7-9-16)10-24-13-22-12-23-24/h2-9,12-13H,10-11H2,1H3. The summed E-state index contributed by atoms with van der Waals surface area (Å²) in [5.41, 5.74) is 2.72. The molecule has 4 aromatic rings. The number of ether oxygens (including phenoxy) is 1. The van der Waals surface area contributed by atoms with E-state index in [1.807, 2.05) is 37.3 Å². The summed E-state index contributed by atoms with van der Waals surface area (Å²) in [7, 11) is 0. The number of hydrogen-bond acceptors (Lipinski definition) is 6. The van der Waals surface area contributed by atoms with E-state index < -0.39 is 5.97 Å². The molecule has 0 saturated carbocycles. The molecule has 0 amide bonds. The maximum Gasteiger partial charge on any atom is 0.338 e. The van der Waals surface area contributed by atoms with Crippen LogP contribution in [0.2, 0.25) is 0 Å². The number of rotatable bonds is 6. The quantitative estimate of drug-likeness (QED) is 0.379. The Balaban J connectivity index is 1.39. The molecule has 28 heavy (non-hydrogen) atoms. The van der Waals surface area contributed by atoms with Crippen LogP contribution >= 0.6 is 0 Å². The number of carbonyl (C=O) groups excluding carboxylic acids is 2. The van der Waals surface area contributed by atoms with E-state index in [1.165, 1.54) is 6.33 Å². The van der Waals surface area contributed by atoms with Gasteiger partial charge in [0.1, 0.15) is 18.2 Å². The molecule has 0 fully saturated rings. The van der Waals surface area contributed by atoms with E-state index >= 15 is 0 Å². The molecule has 7 heteroatoms. The van der Waals surface area contributed by atoms with Crippen LogP contribution in [0.5, 0.6) is 0 Å². The average Bonchev–Trinajstić information content (AvgIpc) is 3.35. The fraction of sp³-hybridized carbons (Fsp3) is 0.143. The summed E-state index contributed by atoms with van der Waals surface area (Å²) in [5.74, 6) is -0.712. The lowest BCUT2D eigenvalue weighted by Crippen LogP contribution is -2.14. The van der Waals surface area contributed by atoms with Crippen LogP contribution in [-0.2, 0) is 11.3 Å². The third-order valence-corrected chi connectivity index (χ3v) is 4.43. The number of furan rings is 1.